The van der Waals surface area contributed by atoms with Crippen LogP contribution in [0.1, 0.15) is 5.01 Å². The number of aromatic nitrogens is 1. The molecule has 0 atom stereocenters. The number of hydrogen-bond acceptors (Lipinski definition) is 3. The van der Waals surface area contributed by atoms with Crippen LogP contribution in [0.25, 0.3) is 11.3 Å². The Morgan fingerprint density at radius 3 is 2.55 bits per heavy atom. The number of benzene rings is 1. The zero-order valence-corrected chi connectivity index (χ0v) is 11.1. The van der Waals surface area contributed by atoms with E-state index in [1.54, 1.807) is 5.38 Å². The van der Waals surface area contributed by atoms with Crippen molar-refractivity contribution in [1.29, 1.82) is 0 Å². The maximum absolute atomic E-state index is 12.7. The van der Waals surface area contributed by atoms with Gasteiger partial charge >= 0.3 is 12.3 Å². The average Bonchev–Trinajstić information content (AvgIpc) is 2.88. The van der Waals surface area contributed by atoms with Crippen molar-refractivity contribution in [3.05, 3.63) is 40.7 Å². The van der Waals surface area contributed by atoms with Crippen molar-refractivity contribution in [3.63, 3.8) is 0 Å². The smallest absolute Gasteiger partial charge is 0.305 e. The molecule has 2 nitrogen and oxygen atoms in total. The lowest BCUT2D eigenvalue weighted by Crippen LogP contribution is -2.38. The SMILES string of the molecule is FC(F)C(F)(F)CNCc1nc(-c2ccccc2)cs1. The summed E-state index contributed by atoms with van der Waals surface area (Å²) in [6, 6.07) is 9.39. The van der Waals surface area contributed by atoms with Gasteiger partial charge in [-0.15, -0.1) is 11.3 Å². The molecule has 0 bridgehead atoms. The zero-order valence-electron chi connectivity index (χ0n) is 10.3. The first-order valence-corrected chi connectivity index (χ1v) is 6.73. The van der Waals surface area contributed by atoms with E-state index in [1.165, 1.54) is 11.3 Å². The van der Waals surface area contributed by atoms with E-state index >= 15 is 0 Å². The van der Waals surface area contributed by atoms with Gasteiger partial charge in [0.25, 0.3) is 0 Å². The summed E-state index contributed by atoms with van der Waals surface area (Å²) in [7, 11) is 0. The van der Waals surface area contributed by atoms with Gasteiger partial charge in [-0.25, -0.2) is 13.8 Å². The van der Waals surface area contributed by atoms with Crippen LogP contribution in [0.15, 0.2) is 35.7 Å². The second kappa shape index (κ2) is 6.32. The molecule has 1 aromatic carbocycles. The van der Waals surface area contributed by atoms with Gasteiger partial charge in [-0.05, 0) is 0 Å². The summed E-state index contributed by atoms with van der Waals surface area (Å²) in [5, 5.41) is 4.69. The first-order valence-electron chi connectivity index (χ1n) is 5.85. The highest BCUT2D eigenvalue weighted by Gasteiger charge is 2.40. The van der Waals surface area contributed by atoms with Crippen LogP contribution in [0.2, 0.25) is 0 Å². The number of halogens is 4. The van der Waals surface area contributed by atoms with Crippen molar-refractivity contribution >= 4 is 11.3 Å². The molecule has 1 aromatic heterocycles. The lowest BCUT2D eigenvalue weighted by atomic mass is 10.2. The van der Waals surface area contributed by atoms with E-state index in [2.05, 4.69) is 10.3 Å². The number of alkyl halides is 4. The van der Waals surface area contributed by atoms with E-state index in [9.17, 15) is 17.6 Å². The Hall–Kier alpha value is -1.47. The molecule has 108 valence electrons. The van der Waals surface area contributed by atoms with Gasteiger partial charge in [0, 0.05) is 17.5 Å². The highest BCUT2D eigenvalue weighted by atomic mass is 32.1. The van der Waals surface area contributed by atoms with Gasteiger partial charge in [0.2, 0.25) is 0 Å². The van der Waals surface area contributed by atoms with E-state index in [4.69, 9.17) is 0 Å². The fraction of sp³-hybridized carbons (Fsp3) is 0.308. The molecule has 0 aliphatic rings. The third-order valence-electron chi connectivity index (χ3n) is 2.58. The zero-order chi connectivity index (χ0) is 14.6. The Kier molecular flexibility index (Phi) is 4.72. The first kappa shape index (κ1) is 14.9. The summed E-state index contributed by atoms with van der Waals surface area (Å²) < 4.78 is 49.3. The van der Waals surface area contributed by atoms with E-state index in [1.807, 2.05) is 30.3 Å². The molecule has 0 unspecified atom stereocenters. The lowest BCUT2D eigenvalue weighted by molar-refractivity contribution is -0.125. The molecule has 0 fully saturated rings. The fourth-order valence-electron chi connectivity index (χ4n) is 1.55. The van der Waals surface area contributed by atoms with Crippen LogP contribution in [0.3, 0.4) is 0 Å². The minimum Gasteiger partial charge on any atom is -0.305 e. The van der Waals surface area contributed by atoms with Gasteiger partial charge in [0.05, 0.1) is 12.2 Å². The molecule has 2 aromatic rings. The van der Waals surface area contributed by atoms with Gasteiger partial charge in [-0.1, -0.05) is 30.3 Å². The highest BCUT2D eigenvalue weighted by molar-refractivity contribution is 7.09. The molecular formula is C13H12F4N2S. The van der Waals surface area contributed by atoms with Crippen molar-refractivity contribution in [2.45, 2.75) is 18.9 Å². The third kappa shape index (κ3) is 3.77. The first-order chi connectivity index (χ1) is 9.49. The quantitative estimate of drug-likeness (QED) is 0.821. The van der Waals surface area contributed by atoms with Crippen LogP contribution >= 0.6 is 11.3 Å². The Morgan fingerprint density at radius 1 is 1.20 bits per heavy atom. The van der Waals surface area contributed by atoms with Crippen LogP contribution in [-0.2, 0) is 6.54 Å². The van der Waals surface area contributed by atoms with Crippen molar-refractivity contribution in [2.24, 2.45) is 0 Å². The topological polar surface area (TPSA) is 24.9 Å². The van der Waals surface area contributed by atoms with Crippen molar-refractivity contribution in [2.75, 3.05) is 6.54 Å². The van der Waals surface area contributed by atoms with Crippen molar-refractivity contribution < 1.29 is 17.6 Å². The number of nitrogens with zero attached hydrogens (tertiary/aromatic N) is 1. The van der Waals surface area contributed by atoms with Gasteiger partial charge < -0.3 is 5.32 Å². The van der Waals surface area contributed by atoms with Crippen LogP contribution < -0.4 is 5.32 Å². The molecule has 0 radical (unpaired) electrons. The van der Waals surface area contributed by atoms with E-state index in [0.717, 1.165) is 11.3 Å². The van der Waals surface area contributed by atoms with Crippen molar-refractivity contribution in [1.82, 2.24) is 10.3 Å². The van der Waals surface area contributed by atoms with E-state index in [-0.39, 0.29) is 6.54 Å². The number of hydrogen-bond donors (Lipinski definition) is 1. The van der Waals surface area contributed by atoms with Crippen LogP contribution in [0.5, 0.6) is 0 Å². The second-order valence-corrected chi connectivity index (χ2v) is 5.10. The van der Waals surface area contributed by atoms with Crippen LogP contribution in [0, 0.1) is 0 Å². The molecule has 2 rings (SSSR count). The monoisotopic (exact) mass is 304 g/mol. The molecule has 1 heterocycles. The molecular weight excluding hydrogens is 292 g/mol. The Morgan fingerprint density at radius 2 is 1.90 bits per heavy atom. The molecule has 0 aliphatic carbocycles. The predicted molar refractivity (Wildman–Crippen MR) is 70.2 cm³/mol. The second-order valence-electron chi connectivity index (χ2n) is 4.16. The lowest BCUT2D eigenvalue weighted by Gasteiger charge is -2.14. The molecule has 7 heteroatoms. The van der Waals surface area contributed by atoms with E-state index < -0.39 is 18.9 Å². The third-order valence-corrected chi connectivity index (χ3v) is 3.43. The fourth-order valence-corrected chi connectivity index (χ4v) is 2.32. The highest BCUT2D eigenvalue weighted by Crippen LogP contribution is 2.23. The summed E-state index contributed by atoms with van der Waals surface area (Å²) in [6.07, 6.45) is -3.66. The summed E-state index contributed by atoms with van der Waals surface area (Å²) in [5.41, 5.74) is 1.67. The minimum absolute atomic E-state index is 0.0415. The van der Waals surface area contributed by atoms with E-state index in [0.29, 0.717) is 5.01 Å². The number of nitrogens with one attached hydrogen (secondary N) is 1. The minimum atomic E-state index is -4.01. The molecule has 0 amide bonds. The largest absolute Gasteiger partial charge is 0.319 e. The molecule has 20 heavy (non-hydrogen) atoms. The van der Waals surface area contributed by atoms with Gasteiger partial charge in [0.1, 0.15) is 5.01 Å². The predicted octanol–water partition coefficient (Wildman–Crippen LogP) is 3.80. The number of rotatable bonds is 6. The molecule has 0 saturated heterocycles. The normalized spacial score (nSPS) is 12.1. The summed E-state index contributed by atoms with van der Waals surface area (Å²) in [6.45, 7) is -1.02. The van der Waals surface area contributed by atoms with Crippen molar-refractivity contribution in [3.8, 4) is 11.3 Å². The number of thiazole rings is 1. The Labute approximate surface area is 117 Å². The van der Waals surface area contributed by atoms with Crippen LogP contribution in [-0.4, -0.2) is 23.9 Å². The Bertz CT molecular complexity index is 542. The average molecular weight is 304 g/mol. The summed E-state index contributed by atoms with van der Waals surface area (Å²) in [5.74, 6) is -4.01. The molecule has 0 saturated carbocycles. The van der Waals surface area contributed by atoms with Crippen LogP contribution in [0.4, 0.5) is 17.6 Å². The van der Waals surface area contributed by atoms with Gasteiger partial charge in [0.15, 0.2) is 0 Å². The summed E-state index contributed by atoms with van der Waals surface area (Å²) in [4.78, 5) is 4.27. The standard InChI is InChI=1S/C13H12F4N2S/c14-12(15)13(16,17)8-18-6-11-19-10(7-20-11)9-4-2-1-3-5-9/h1-5,7,12,18H,6,8H2. The molecule has 1 N–H and O–H groups in total. The van der Waals surface area contributed by atoms with Gasteiger partial charge in [-0.2, -0.15) is 8.78 Å². The molecule has 0 aliphatic heterocycles. The molecule has 0 spiro atoms. The van der Waals surface area contributed by atoms with Gasteiger partial charge in [-0.3, -0.25) is 0 Å². The maximum atomic E-state index is 12.7. The maximum Gasteiger partial charge on any atom is 0.319 e. The summed E-state index contributed by atoms with van der Waals surface area (Å²) >= 11 is 1.30. The Balaban J connectivity index is 1.91.